The molecule has 0 aliphatic heterocycles. The maximum Gasteiger partial charge on any atom is 0.255 e. The van der Waals surface area contributed by atoms with Gasteiger partial charge in [-0.3, -0.25) is 4.40 Å². The van der Waals surface area contributed by atoms with E-state index in [1.54, 1.807) is 10.6 Å². The number of hydrogen-bond donors (Lipinski definition) is 0. The highest BCUT2D eigenvalue weighted by molar-refractivity contribution is 9.10. The number of halogens is 2. The van der Waals surface area contributed by atoms with Crippen LogP contribution < -0.4 is 0 Å². The topological polar surface area (TPSA) is 43.1 Å². The van der Waals surface area contributed by atoms with Gasteiger partial charge in [-0.2, -0.15) is 0 Å². The van der Waals surface area contributed by atoms with E-state index >= 15 is 0 Å². The summed E-state index contributed by atoms with van der Waals surface area (Å²) in [6.45, 7) is 0. The highest BCUT2D eigenvalue weighted by atomic mass is 79.9. The normalized spacial score (nSPS) is 10.7. The Hall–Kier alpha value is -0.680. The van der Waals surface area contributed by atoms with Crippen molar-refractivity contribution >= 4 is 33.3 Å². The van der Waals surface area contributed by atoms with E-state index in [1.165, 1.54) is 6.20 Å². The van der Waals surface area contributed by atoms with Crippen molar-refractivity contribution in [2.45, 2.75) is 0 Å². The molecule has 4 nitrogen and oxygen atoms in total. The van der Waals surface area contributed by atoms with Gasteiger partial charge in [-0.05, 0) is 15.9 Å². The molecular weight excluding hydrogens is 231 g/mol. The molecule has 0 N–H and O–H groups in total. The van der Waals surface area contributed by atoms with Crippen LogP contribution in [0.3, 0.4) is 0 Å². The zero-order valence-electron chi connectivity index (χ0n) is 5.20. The fourth-order valence-electron chi connectivity index (χ4n) is 0.740. The largest absolute Gasteiger partial charge is 0.260 e. The Labute approximate surface area is 75.3 Å². The van der Waals surface area contributed by atoms with Crippen molar-refractivity contribution in [2.75, 3.05) is 0 Å². The number of hydrogen-bond acceptors (Lipinski definition) is 3. The van der Waals surface area contributed by atoms with Crippen LogP contribution in [-0.2, 0) is 0 Å². The maximum atomic E-state index is 5.69. The monoisotopic (exact) mass is 232 g/mol. The average molecular weight is 233 g/mol. The second kappa shape index (κ2) is 2.42. The molecule has 2 heterocycles. The van der Waals surface area contributed by atoms with Crippen LogP contribution in [0.25, 0.3) is 5.78 Å². The van der Waals surface area contributed by atoms with E-state index in [4.69, 9.17) is 11.6 Å². The van der Waals surface area contributed by atoms with Crippen molar-refractivity contribution in [2.24, 2.45) is 0 Å². The third-order valence-electron chi connectivity index (χ3n) is 1.19. The van der Waals surface area contributed by atoms with Crippen LogP contribution in [0.5, 0.6) is 0 Å². The Balaban J connectivity index is 2.87. The summed E-state index contributed by atoms with van der Waals surface area (Å²) in [4.78, 5) is 3.93. The van der Waals surface area contributed by atoms with Crippen LogP contribution in [0.15, 0.2) is 17.1 Å². The Bertz CT molecular complexity index is 398. The van der Waals surface area contributed by atoms with Crippen molar-refractivity contribution in [1.29, 1.82) is 0 Å². The van der Waals surface area contributed by atoms with Gasteiger partial charge in [-0.25, -0.2) is 4.98 Å². The van der Waals surface area contributed by atoms with Crippen molar-refractivity contribution in [3.8, 4) is 0 Å². The summed E-state index contributed by atoms with van der Waals surface area (Å²) < 4.78 is 2.25. The van der Waals surface area contributed by atoms with Gasteiger partial charge in [0.15, 0.2) is 0 Å². The standard InChI is InChI=1S/C5H2BrClN4/c6-4-9-10-5-8-1-3(7)2-11(4)5/h1-2H. The van der Waals surface area contributed by atoms with Gasteiger partial charge in [0.25, 0.3) is 5.78 Å². The van der Waals surface area contributed by atoms with E-state index < -0.39 is 0 Å². The highest BCUT2D eigenvalue weighted by Gasteiger charge is 2.01. The quantitative estimate of drug-likeness (QED) is 0.693. The first kappa shape index (κ1) is 7.00. The predicted octanol–water partition coefficient (Wildman–Crippen LogP) is 1.54. The second-order valence-corrected chi connectivity index (χ2v) is 3.06. The molecule has 0 atom stereocenters. The lowest BCUT2D eigenvalue weighted by Crippen LogP contribution is -1.87. The first-order valence-electron chi connectivity index (χ1n) is 2.79. The molecule has 6 heteroatoms. The summed E-state index contributed by atoms with van der Waals surface area (Å²) in [6.07, 6.45) is 3.21. The third-order valence-corrected chi connectivity index (χ3v) is 1.93. The lowest BCUT2D eigenvalue weighted by Gasteiger charge is -1.91. The first-order valence-corrected chi connectivity index (χ1v) is 3.96. The molecule has 0 saturated carbocycles. The Morgan fingerprint density at radius 3 is 3.09 bits per heavy atom. The summed E-state index contributed by atoms with van der Waals surface area (Å²) in [7, 11) is 0. The van der Waals surface area contributed by atoms with E-state index in [0.29, 0.717) is 15.5 Å². The summed E-state index contributed by atoms with van der Waals surface area (Å²) in [5.74, 6) is 0.529. The SMILES string of the molecule is Clc1cnc2nnc(Br)n2c1. The molecule has 0 saturated heterocycles. The minimum Gasteiger partial charge on any atom is -0.260 e. The molecule has 0 bridgehead atoms. The van der Waals surface area contributed by atoms with Gasteiger partial charge in [0, 0.05) is 6.20 Å². The van der Waals surface area contributed by atoms with Gasteiger partial charge < -0.3 is 0 Å². The number of nitrogens with zero attached hydrogens (tertiary/aromatic N) is 4. The van der Waals surface area contributed by atoms with Crippen LogP contribution in [0.4, 0.5) is 0 Å². The third kappa shape index (κ3) is 1.10. The lowest BCUT2D eigenvalue weighted by molar-refractivity contribution is 1.05. The van der Waals surface area contributed by atoms with Gasteiger partial charge in [-0.15, -0.1) is 10.2 Å². The molecule has 0 aromatic carbocycles. The number of rotatable bonds is 0. The molecule has 56 valence electrons. The molecule has 0 radical (unpaired) electrons. The fourth-order valence-corrected chi connectivity index (χ4v) is 1.23. The molecule has 2 aromatic heterocycles. The van der Waals surface area contributed by atoms with Crippen molar-refractivity contribution in [1.82, 2.24) is 19.6 Å². The van der Waals surface area contributed by atoms with Gasteiger partial charge in [0.1, 0.15) is 0 Å². The van der Waals surface area contributed by atoms with E-state index in [9.17, 15) is 0 Å². The maximum absolute atomic E-state index is 5.69. The van der Waals surface area contributed by atoms with E-state index in [2.05, 4.69) is 31.1 Å². The van der Waals surface area contributed by atoms with Crippen LogP contribution in [-0.4, -0.2) is 19.6 Å². The molecule has 0 spiro atoms. The van der Waals surface area contributed by atoms with E-state index in [-0.39, 0.29) is 0 Å². The molecular formula is C5H2BrClN4. The highest BCUT2D eigenvalue weighted by Crippen LogP contribution is 2.11. The summed E-state index contributed by atoms with van der Waals surface area (Å²) in [5.41, 5.74) is 0. The van der Waals surface area contributed by atoms with Gasteiger partial charge in [0.2, 0.25) is 4.73 Å². The zero-order valence-corrected chi connectivity index (χ0v) is 7.54. The molecule has 11 heavy (non-hydrogen) atoms. The molecule has 0 aliphatic rings. The van der Waals surface area contributed by atoms with Crippen LogP contribution in [0.2, 0.25) is 5.02 Å². The summed E-state index contributed by atoms with van der Waals surface area (Å²) >= 11 is 8.88. The van der Waals surface area contributed by atoms with Crippen LogP contribution in [0.1, 0.15) is 0 Å². The molecule has 0 aliphatic carbocycles. The Morgan fingerprint density at radius 2 is 2.27 bits per heavy atom. The van der Waals surface area contributed by atoms with Crippen molar-refractivity contribution in [3.05, 3.63) is 22.1 Å². The van der Waals surface area contributed by atoms with Crippen molar-refractivity contribution in [3.63, 3.8) is 0 Å². The Morgan fingerprint density at radius 1 is 1.45 bits per heavy atom. The smallest absolute Gasteiger partial charge is 0.255 e. The summed E-state index contributed by atoms with van der Waals surface area (Å²) in [6, 6.07) is 0. The molecule has 2 aromatic rings. The minimum absolute atomic E-state index is 0.529. The molecule has 2 rings (SSSR count). The van der Waals surface area contributed by atoms with E-state index in [1.807, 2.05) is 0 Å². The minimum atomic E-state index is 0.529. The van der Waals surface area contributed by atoms with Crippen molar-refractivity contribution < 1.29 is 0 Å². The zero-order chi connectivity index (χ0) is 7.84. The predicted molar refractivity (Wildman–Crippen MR) is 43.5 cm³/mol. The van der Waals surface area contributed by atoms with E-state index in [0.717, 1.165) is 0 Å². The Kier molecular flexibility index (Phi) is 1.54. The van der Waals surface area contributed by atoms with Crippen LogP contribution >= 0.6 is 27.5 Å². The van der Waals surface area contributed by atoms with Gasteiger partial charge in [0.05, 0.1) is 11.2 Å². The average Bonchev–Trinajstić information content (AvgIpc) is 2.33. The first-order chi connectivity index (χ1) is 5.27. The van der Waals surface area contributed by atoms with Gasteiger partial charge >= 0.3 is 0 Å². The summed E-state index contributed by atoms with van der Waals surface area (Å²) in [5, 5.41) is 8.05. The molecule has 0 fully saturated rings. The molecule has 0 unspecified atom stereocenters. The number of aromatic nitrogens is 4. The second-order valence-electron chi connectivity index (χ2n) is 1.91. The fraction of sp³-hybridized carbons (Fsp3) is 0. The number of fused-ring (bicyclic) bond motifs is 1. The lowest BCUT2D eigenvalue weighted by atomic mass is 10.7. The van der Waals surface area contributed by atoms with Gasteiger partial charge in [-0.1, -0.05) is 11.6 Å². The van der Waals surface area contributed by atoms with Crippen LogP contribution in [0, 0.1) is 0 Å². The molecule has 0 amide bonds.